The molecule has 0 radical (unpaired) electrons. The van der Waals surface area contributed by atoms with E-state index in [1.54, 1.807) is 23.9 Å². The van der Waals surface area contributed by atoms with E-state index in [0.29, 0.717) is 17.7 Å². The largest absolute Gasteiger partial charge is 0.395 e. The smallest absolute Gasteiger partial charge is 0.170 e. The third-order valence-electron chi connectivity index (χ3n) is 2.62. The molecule has 1 aromatic carbocycles. The number of hydrogen-bond acceptors (Lipinski definition) is 5. The Labute approximate surface area is 131 Å². The number of halogens is 1. The highest BCUT2D eigenvalue weighted by atomic mass is 32.2. The Hall–Kier alpha value is -1.42. The summed E-state index contributed by atoms with van der Waals surface area (Å²) in [4.78, 5) is 4.39. The Bertz CT molecular complexity index is 661. The zero-order valence-corrected chi connectivity index (χ0v) is 13.2. The van der Waals surface area contributed by atoms with Crippen LogP contribution in [-0.4, -0.2) is 21.1 Å². The summed E-state index contributed by atoms with van der Waals surface area (Å²) in [5.41, 5.74) is 1.36. The number of thioether (sulfide) groups is 1. The summed E-state index contributed by atoms with van der Waals surface area (Å²) < 4.78 is 18.8. The van der Waals surface area contributed by atoms with Crippen molar-refractivity contribution in [3.63, 3.8) is 0 Å². The quantitative estimate of drug-likeness (QED) is 0.678. The molecule has 0 saturated carbocycles. The second-order valence-corrected chi connectivity index (χ2v) is 6.18. The summed E-state index contributed by atoms with van der Waals surface area (Å²) >= 11 is 2.98. The lowest BCUT2D eigenvalue weighted by molar-refractivity contribution is 0.305. The summed E-state index contributed by atoms with van der Waals surface area (Å²) in [5, 5.41) is 8.69. The lowest BCUT2D eigenvalue weighted by atomic mass is 10.1. The maximum atomic E-state index is 13.6. The van der Waals surface area contributed by atoms with E-state index in [-0.39, 0.29) is 12.4 Å². The van der Waals surface area contributed by atoms with Crippen molar-refractivity contribution in [2.45, 2.75) is 29.9 Å². The fourth-order valence-corrected chi connectivity index (χ4v) is 3.20. The highest BCUT2D eigenvalue weighted by Crippen LogP contribution is 2.25. The first-order chi connectivity index (χ1) is 10.2. The second-order valence-electron chi connectivity index (χ2n) is 4.21. The molecule has 0 aliphatic heterocycles. The Balaban J connectivity index is 2.03. The first kappa shape index (κ1) is 16.0. The topological polar surface area (TPSA) is 46.0 Å². The molecular formula is C15H15FN2OS2. The molecule has 1 heterocycles. The predicted molar refractivity (Wildman–Crippen MR) is 83.8 cm³/mol. The minimum Gasteiger partial charge on any atom is -0.395 e. The van der Waals surface area contributed by atoms with Gasteiger partial charge in [-0.05, 0) is 29.2 Å². The van der Waals surface area contributed by atoms with E-state index in [2.05, 4.69) is 21.2 Å². The van der Waals surface area contributed by atoms with Crippen molar-refractivity contribution < 1.29 is 9.50 Å². The van der Waals surface area contributed by atoms with Crippen LogP contribution in [0.4, 0.5) is 4.39 Å². The van der Waals surface area contributed by atoms with Crippen LogP contribution in [-0.2, 0) is 12.2 Å². The van der Waals surface area contributed by atoms with Crippen molar-refractivity contribution in [2.75, 3.05) is 6.61 Å². The van der Waals surface area contributed by atoms with E-state index >= 15 is 0 Å². The minimum atomic E-state index is -0.335. The highest BCUT2D eigenvalue weighted by Gasteiger charge is 2.05. The second kappa shape index (κ2) is 8.13. The average Bonchev–Trinajstić information content (AvgIpc) is 2.96. The van der Waals surface area contributed by atoms with Gasteiger partial charge in [-0.1, -0.05) is 36.6 Å². The van der Waals surface area contributed by atoms with Gasteiger partial charge in [-0.25, -0.2) is 9.37 Å². The zero-order chi connectivity index (χ0) is 15.1. The van der Waals surface area contributed by atoms with Crippen molar-refractivity contribution in [3.8, 4) is 11.8 Å². The fraction of sp³-hybridized carbons (Fsp3) is 0.333. The van der Waals surface area contributed by atoms with Crippen LogP contribution in [0.1, 0.15) is 30.3 Å². The van der Waals surface area contributed by atoms with Crippen LogP contribution in [0, 0.1) is 17.7 Å². The van der Waals surface area contributed by atoms with Gasteiger partial charge in [0, 0.05) is 18.6 Å². The van der Waals surface area contributed by atoms with Gasteiger partial charge in [0.05, 0.1) is 12.2 Å². The van der Waals surface area contributed by atoms with Crippen molar-refractivity contribution in [3.05, 3.63) is 41.0 Å². The Morgan fingerprint density at radius 2 is 2.29 bits per heavy atom. The van der Waals surface area contributed by atoms with E-state index < -0.39 is 0 Å². The third kappa shape index (κ3) is 4.81. The Morgan fingerprint density at radius 3 is 3.00 bits per heavy atom. The maximum absolute atomic E-state index is 13.6. The minimum absolute atomic E-state index is 0.0129. The number of benzene rings is 1. The van der Waals surface area contributed by atoms with Gasteiger partial charge in [0.2, 0.25) is 0 Å². The fourth-order valence-electron chi connectivity index (χ4n) is 1.56. The van der Waals surface area contributed by atoms with E-state index in [1.165, 1.54) is 17.6 Å². The molecule has 2 rings (SSSR count). The monoisotopic (exact) mass is 322 g/mol. The first-order valence-corrected chi connectivity index (χ1v) is 8.32. The summed E-state index contributed by atoms with van der Waals surface area (Å²) in [6, 6.07) is 4.92. The van der Waals surface area contributed by atoms with Crippen molar-refractivity contribution >= 4 is 23.3 Å². The van der Waals surface area contributed by atoms with Crippen LogP contribution in [0.15, 0.2) is 22.5 Å². The normalized spacial score (nSPS) is 10.2. The molecular weight excluding hydrogens is 307 g/mol. The van der Waals surface area contributed by atoms with Crippen molar-refractivity contribution in [1.82, 2.24) is 9.36 Å². The first-order valence-electron chi connectivity index (χ1n) is 6.56. The van der Waals surface area contributed by atoms with Gasteiger partial charge in [-0.3, -0.25) is 0 Å². The predicted octanol–water partition coefficient (Wildman–Crippen LogP) is 3.27. The summed E-state index contributed by atoms with van der Waals surface area (Å²) in [6.45, 7) is 2.01. The van der Waals surface area contributed by atoms with Crippen LogP contribution in [0.3, 0.4) is 0 Å². The molecule has 6 heteroatoms. The molecule has 0 aliphatic rings. The van der Waals surface area contributed by atoms with Crippen molar-refractivity contribution in [2.24, 2.45) is 0 Å². The number of aromatic nitrogens is 2. The number of aliphatic hydroxyl groups excluding tert-OH is 1. The molecule has 0 atom stereocenters. The van der Waals surface area contributed by atoms with E-state index in [9.17, 15) is 4.39 Å². The van der Waals surface area contributed by atoms with Gasteiger partial charge in [0.15, 0.2) is 4.34 Å². The summed E-state index contributed by atoms with van der Waals surface area (Å²) in [5.74, 6) is 6.71. The van der Waals surface area contributed by atoms with Crippen LogP contribution in [0.5, 0.6) is 0 Å². The van der Waals surface area contributed by atoms with Crippen LogP contribution >= 0.6 is 23.3 Å². The number of aryl methyl sites for hydroxylation is 1. The number of aliphatic hydroxyl groups is 1. The SMILES string of the molecule is CCc1nsc(SCc2ccc(F)c(C#CCCO)c2)n1. The standard InChI is InChI=1S/C15H15FN2OS2/c1-2-14-17-15(21-18-14)20-10-11-6-7-13(16)12(9-11)5-3-4-8-19/h6-7,9,19H,2,4,8,10H2,1H3. The van der Waals surface area contributed by atoms with Gasteiger partial charge < -0.3 is 5.11 Å². The Kier molecular flexibility index (Phi) is 6.18. The molecule has 110 valence electrons. The molecule has 0 saturated heterocycles. The lowest BCUT2D eigenvalue weighted by Crippen LogP contribution is -1.88. The average molecular weight is 322 g/mol. The van der Waals surface area contributed by atoms with E-state index in [0.717, 1.165) is 22.1 Å². The zero-order valence-electron chi connectivity index (χ0n) is 11.6. The highest BCUT2D eigenvalue weighted by molar-refractivity contribution is 8.00. The molecule has 0 aliphatic carbocycles. The van der Waals surface area contributed by atoms with Gasteiger partial charge in [0.1, 0.15) is 11.6 Å². The molecule has 2 aromatic rings. The van der Waals surface area contributed by atoms with Gasteiger partial charge in [-0.15, -0.1) is 0 Å². The maximum Gasteiger partial charge on any atom is 0.170 e. The molecule has 21 heavy (non-hydrogen) atoms. The van der Waals surface area contributed by atoms with Gasteiger partial charge in [0.25, 0.3) is 0 Å². The van der Waals surface area contributed by atoms with E-state index in [1.807, 2.05) is 6.92 Å². The van der Waals surface area contributed by atoms with Crippen LogP contribution in [0.25, 0.3) is 0 Å². The number of hydrogen-bond donors (Lipinski definition) is 1. The molecule has 1 N–H and O–H groups in total. The molecule has 1 aromatic heterocycles. The number of nitrogens with zero attached hydrogens (tertiary/aromatic N) is 2. The van der Waals surface area contributed by atoms with E-state index in [4.69, 9.17) is 5.11 Å². The molecule has 3 nitrogen and oxygen atoms in total. The van der Waals surface area contributed by atoms with Crippen LogP contribution < -0.4 is 0 Å². The molecule has 0 bridgehead atoms. The molecule has 0 fully saturated rings. The van der Waals surface area contributed by atoms with Gasteiger partial charge >= 0.3 is 0 Å². The third-order valence-corrected chi connectivity index (χ3v) is 4.56. The Morgan fingerprint density at radius 1 is 1.43 bits per heavy atom. The summed E-state index contributed by atoms with van der Waals surface area (Å²) in [6.07, 6.45) is 1.18. The molecule has 0 spiro atoms. The molecule has 0 unspecified atom stereocenters. The lowest BCUT2D eigenvalue weighted by Gasteiger charge is -2.01. The number of rotatable bonds is 5. The summed E-state index contributed by atoms with van der Waals surface area (Å²) in [7, 11) is 0. The van der Waals surface area contributed by atoms with Crippen molar-refractivity contribution in [1.29, 1.82) is 0 Å². The van der Waals surface area contributed by atoms with Crippen LogP contribution in [0.2, 0.25) is 0 Å². The molecule has 0 amide bonds. The van der Waals surface area contributed by atoms with Gasteiger partial charge in [-0.2, -0.15) is 4.37 Å².